The van der Waals surface area contributed by atoms with Gasteiger partial charge in [0.1, 0.15) is 73.2 Å². The Hall–Kier alpha value is -1.02. The number of nitrogens with two attached hydrogens (primary N) is 1. The number of aliphatic hydroxyl groups is 9. The molecule has 13 N–H and O–H groups in total. The molecule has 21 nitrogen and oxygen atoms in total. The highest BCUT2D eigenvalue weighted by atomic mass is 31.2. The number of amides is 1. The monoisotopic (exact) mass is 668 g/mol. The lowest BCUT2D eigenvalue weighted by molar-refractivity contribution is -0.372. The summed E-state index contributed by atoms with van der Waals surface area (Å²) in [4.78, 5) is 21.7. The molecule has 0 saturated carbocycles. The SMILES string of the molecule is CC(=O)N[C@H]1[C@H](O[C@@H]2[C@H](O)[C@H](O[C@H]3[C@H](O)[C@@H](O)[C@H](O)O[C@@H]3CO)O[C@H](CO)[C@H]2O)O[C@H](COP(=O)(O)OCCN)[C@@H](O)[C@@H]1O. The van der Waals surface area contributed by atoms with Crippen molar-refractivity contribution in [3.8, 4) is 0 Å². The maximum atomic E-state index is 12.1. The van der Waals surface area contributed by atoms with Gasteiger partial charge in [-0.25, -0.2) is 4.57 Å². The zero-order valence-electron chi connectivity index (χ0n) is 23.4. The van der Waals surface area contributed by atoms with Crippen LogP contribution in [0.3, 0.4) is 0 Å². The fourth-order valence-corrected chi connectivity index (χ4v) is 5.56. The highest BCUT2D eigenvalue weighted by Crippen LogP contribution is 2.43. The van der Waals surface area contributed by atoms with Crippen LogP contribution in [-0.4, -0.2) is 182 Å². The van der Waals surface area contributed by atoms with E-state index in [1.165, 1.54) is 0 Å². The average Bonchev–Trinajstić information content (AvgIpc) is 2.98. The van der Waals surface area contributed by atoms with Crippen LogP contribution in [0, 0.1) is 0 Å². The molecule has 3 saturated heterocycles. The molecule has 0 bridgehead atoms. The zero-order chi connectivity index (χ0) is 32.9. The van der Waals surface area contributed by atoms with E-state index in [0.29, 0.717) is 0 Å². The largest absolute Gasteiger partial charge is 0.472 e. The molecule has 3 heterocycles. The average molecular weight is 669 g/mol. The van der Waals surface area contributed by atoms with Crippen LogP contribution in [0.15, 0.2) is 0 Å². The molecule has 3 fully saturated rings. The quantitative estimate of drug-likeness (QED) is 0.0811. The molecular formula is C22H41N2O19P. The molecule has 0 aliphatic carbocycles. The Morgan fingerprint density at radius 1 is 0.773 bits per heavy atom. The van der Waals surface area contributed by atoms with Crippen molar-refractivity contribution in [3.05, 3.63) is 0 Å². The van der Waals surface area contributed by atoms with Crippen molar-refractivity contribution >= 4 is 13.7 Å². The van der Waals surface area contributed by atoms with Crippen molar-refractivity contribution in [3.63, 3.8) is 0 Å². The molecule has 1 unspecified atom stereocenters. The number of carbonyl (C=O) groups excluding carboxylic acids is 1. The van der Waals surface area contributed by atoms with Gasteiger partial charge < -0.3 is 85.6 Å². The molecular weight excluding hydrogens is 627 g/mol. The number of nitrogens with one attached hydrogen (secondary N) is 1. The number of rotatable bonds is 13. The fraction of sp³-hybridized carbons (Fsp3) is 0.955. The molecule has 3 aliphatic rings. The Bertz CT molecular complexity index is 966. The Morgan fingerprint density at radius 2 is 1.39 bits per heavy atom. The molecule has 16 atom stereocenters. The van der Waals surface area contributed by atoms with E-state index in [4.69, 9.17) is 33.9 Å². The van der Waals surface area contributed by atoms with Crippen LogP contribution in [0.1, 0.15) is 6.92 Å². The summed E-state index contributed by atoms with van der Waals surface area (Å²) < 4.78 is 48.8. The number of hydrogen-bond donors (Lipinski definition) is 12. The highest BCUT2D eigenvalue weighted by molar-refractivity contribution is 7.47. The van der Waals surface area contributed by atoms with Gasteiger partial charge in [0.25, 0.3) is 0 Å². The molecule has 0 aromatic heterocycles. The maximum Gasteiger partial charge on any atom is 0.472 e. The van der Waals surface area contributed by atoms with Crippen molar-refractivity contribution < 1.29 is 92.9 Å². The summed E-state index contributed by atoms with van der Waals surface area (Å²) in [5.74, 6) is -0.729. The number of carbonyl (C=O) groups is 1. The van der Waals surface area contributed by atoms with Crippen LogP contribution in [0.4, 0.5) is 0 Å². The second-order valence-corrected chi connectivity index (χ2v) is 11.7. The third kappa shape index (κ3) is 8.86. The molecule has 0 aromatic carbocycles. The van der Waals surface area contributed by atoms with Crippen LogP contribution in [0.25, 0.3) is 0 Å². The summed E-state index contributed by atoms with van der Waals surface area (Å²) in [6, 6.07) is -1.56. The smallest absolute Gasteiger partial charge is 0.394 e. The van der Waals surface area contributed by atoms with Crippen LogP contribution in [0.5, 0.6) is 0 Å². The predicted molar refractivity (Wildman–Crippen MR) is 137 cm³/mol. The van der Waals surface area contributed by atoms with Gasteiger partial charge in [-0.15, -0.1) is 0 Å². The van der Waals surface area contributed by atoms with E-state index in [9.17, 15) is 60.2 Å². The van der Waals surface area contributed by atoms with Crippen LogP contribution < -0.4 is 11.1 Å². The predicted octanol–water partition coefficient (Wildman–Crippen LogP) is -7.33. The molecule has 3 aliphatic heterocycles. The van der Waals surface area contributed by atoms with E-state index >= 15 is 0 Å². The number of ether oxygens (including phenoxy) is 5. The van der Waals surface area contributed by atoms with Gasteiger partial charge in [-0.2, -0.15) is 0 Å². The van der Waals surface area contributed by atoms with E-state index in [1.807, 2.05) is 0 Å². The minimum Gasteiger partial charge on any atom is -0.394 e. The maximum absolute atomic E-state index is 12.1. The summed E-state index contributed by atoms with van der Waals surface area (Å²) in [7, 11) is -4.68. The normalized spacial score (nSPS) is 44.6. The van der Waals surface area contributed by atoms with Crippen LogP contribution >= 0.6 is 7.82 Å². The Labute approximate surface area is 250 Å². The third-order valence-electron chi connectivity index (χ3n) is 7.09. The first-order valence-electron chi connectivity index (χ1n) is 13.5. The van der Waals surface area contributed by atoms with Gasteiger partial charge in [-0.1, -0.05) is 0 Å². The molecule has 44 heavy (non-hydrogen) atoms. The van der Waals surface area contributed by atoms with Gasteiger partial charge in [-0.05, 0) is 0 Å². The van der Waals surface area contributed by atoms with Crippen LogP contribution in [0.2, 0.25) is 0 Å². The number of phosphoric acid groups is 1. The molecule has 0 radical (unpaired) electrons. The van der Waals surface area contributed by atoms with E-state index in [1.54, 1.807) is 0 Å². The molecule has 1 amide bonds. The standard InChI is InChI=1S/C22H41N2O19P/c1-7(27)24-11-14(30)12(28)10(6-38-44(35,36)37-3-2-23)41-21(11)43-19-13(29)8(4-25)40-22(17(19)33)42-18-9(5-26)39-20(34)16(32)15(18)31/h8-22,25-26,28-34H,2-6,23H2,1H3,(H,24,27)(H,35,36)/t8-,9-,10-,11-,12-,13-,14-,15-,16-,17+,18-,19+,20-,21+,22+/m1/s1. The Morgan fingerprint density at radius 3 is 1.98 bits per heavy atom. The minimum atomic E-state index is -4.68. The second-order valence-electron chi connectivity index (χ2n) is 10.3. The lowest BCUT2D eigenvalue weighted by atomic mass is 9.95. The molecule has 0 spiro atoms. The van der Waals surface area contributed by atoms with Crippen molar-refractivity contribution in [2.24, 2.45) is 5.73 Å². The Balaban J connectivity index is 1.83. The van der Waals surface area contributed by atoms with Crippen molar-refractivity contribution in [2.75, 3.05) is 33.0 Å². The number of hydrogen-bond acceptors (Lipinski definition) is 19. The van der Waals surface area contributed by atoms with E-state index in [2.05, 4.69) is 9.84 Å². The lowest BCUT2D eigenvalue weighted by Crippen LogP contribution is -2.68. The number of phosphoric ester groups is 1. The topological polar surface area (TPSA) is 339 Å². The summed E-state index contributed by atoms with van der Waals surface area (Å²) in [6.07, 6.45) is -24.9. The molecule has 22 heteroatoms. The van der Waals surface area contributed by atoms with Gasteiger partial charge in [0.15, 0.2) is 18.9 Å². The fourth-order valence-electron chi connectivity index (χ4n) is 4.82. The van der Waals surface area contributed by atoms with E-state index in [0.717, 1.165) is 6.92 Å². The van der Waals surface area contributed by atoms with Crippen LogP contribution in [-0.2, 0) is 42.1 Å². The van der Waals surface area contributed by atoms with E-state index in [-0.39, 0.29) is 13.2 Å². The molecule has 258 valence electrons. The van der Waals surface area contributed by atoms with Gasteiger partial charge in [0, 0.05) is 13.5 Å². The first-order chi connectivity index (χ1) is 20.6. The minimum absolute atomic E-state index is 0.116. The van der Waals surface area contributed by atoms with Gasteiger partial charge in [0.2, 0.25) is 5.91 Å². The number of aliphatic hydroxyl groups excluding tert-OH is 9. The molecule has 0 aromatic rings. The summed E-state index contributed by atoms with van der Waals surface area (Å²) in [5, 5.41) is 95.2. The van der Waals surface area contributed by atoms with Gasteiger partial charge in [-0.3, -0.25) is 13.8 Å². The summed E-state index contributed by atoms with van der Waals surface area (Å²) in [6.45, 7) is -1.96. The van der Waals surface area contributed by atoms with Gasteiger partial charge >= 0.3 is 7.82 Å². The Kier molecular flexibility index (Phi) is 13.8. The summed E-state index contributed by atoms with van der Waals surface area (Å²) >= 11 is 0. The van der Waals surface area contributed by atoms with Gasteiger partial charge in [0.05, 0.1) is 26.4 Å². The first kappa shape index (κ1) is 37.4. The summed E-state index contributed by atoms with van der Waals surface area (Å²) in [5.41, 5.74) is 5.23. The zero-order valence-corrected chi connectivity index (χ0v) is 24.3. The van der Waals surface area contributed by atoms with Crippen molar-refractivity contribution in [1.29, 1.82) is 0 Å². The molecule has 3 rings (SSSR count). The lowest BCUT2D eigenvalue weighted by Gasteiger charge is -2.48. The van der Waals surface area contributed by atoms with Crippen molar-refractivity contribution in [2.45, 2.75) is 99.0 Å². The second kappa shape index (κ2) is 16.2. The first-order valence-corrected chi connectivity index (χ1v) is 15.0. The van der Waals surface area contributed by atoms with Crippen molar-refractivity contribution in [1.82, 2.24) is 5.32 Å². The van der Waals surface area contributed by atoms with E-state index < -0.39 is 126 Å². The third-order valence-corrected chi connectivity index (χ3v) is 8.07. The highest BCUT2D eigenvalue weighted by Gasteiger charge is 2.54.